The molecule has 0 atom stereocenters. The minimum absolute atomic E-state index is 0.0365. The van der Waals surface area contributed by atoms with Crippen LogP contribution in [0.4, 0.5) is 13.2 Å². The molecule has 0 aromatic heterocycles. The maximum absolute atomic E-state index is 11.8. The fourth-order valence-corrected chi connectivity index (χ4v) is 1.12. The number of halogens is 3. The van der Waals surface area contributed by atoms with Crippen molar-refractivity contribution in [3.63, 3.8) is 0 Å². The Bertz CT molecular complexity index is 210. The summed E-state index contributed by atoms with van der Waals surface area (Å²) in [5, 5.41) is 5.40. The molecule has 1 amide bonds. The van der Waals surface area contributed by atoms with Crippen LogP contribution >= 0.6 is 0 Å². The summed E-state index contributed by atoms with van der Waals surface area (Å²) in [6, 6.07) is 0. The number of amides is 1. The van der Waals surface area contributed by atoms with E-state index in [-0.39, 0.29) is 25.3 Å². The van der Waals surface area contributed by atoms with Crippen molar-refractivity contribution in [1.82, 2.24) is 10.6 Å². The highest BCUT2D eigenvalue weighted by Gasteiger charge is 2.25. The molecule has 0 saturated carbocycles. The highest BCUT2D eigenvalue weighted by molar-refractivity contribution is 5.75. The summed E-state index contributed by atoms with van der Waals surface area (Å²) in [7, 11) is 1.54. The van der Waals surface area contributed by atoms with E-state index in [1.54, 1.807) is 0 Å². The van der Waals surface area contributed by atoms with Gasteiger partial charge in [0, 0.05) is 33.0 Å². The highest BCUT2D eigenvalue weighted by Crippen LogP contribution is 2.20. The Morgan fingerprint density at radius 3 is 2.53 bits per heavy atom. The Balaban J connectivity index is 3.25. The molecule has 17 heavy (non-hydrogen) atoms. The molecule has 0 aromatic carbocycles. The molecule has 0 unspecified atom stereocenters. The van der Waals surface area contributed by atoms with Crippen LogP contribution in [0.1, 0.15) is 19.3 Å². The van der Waals surface area contributed by atoms with Crippen molar-refractivity contribution in [2.75, 3.05) is 33.4 Å². The number of hydrogen-bond donors (Lipinski definition) is 2. The Hall–Kier alpha value is -0.820. The van der Waals surface area contributed by atoms with Gasteiger partial charge in [0.15, 0.2) is 0 Å². The van der Waals surface area contributed by atoms with Crippen LogP contribution in [0.2, 0.25) is 0 Å². The average molecular weight is 256 g/mol. The van der Waals surface area contributed by atoms with E-state index < -0.39 is 12.6 Å². The van der Waals surface area contributed by atoms with Gasteiger partial charge in [-0.25, -0.2) is 0 Å². The normalized spacial score (nSPS) is 11.5. The second-order valence-electron chi connectivity index (χ2n) is 3.56. The molecule has 2 N–H and O–H groups in total. The van der Waals surface area contributed by atoms with E-state index >= 15 is 0 Å². The lowest BCUT2D eigenvalue weighted by molar-refractivity contribution is -0.135. The van der Waals surface area contributed by atoms with Crippen molar-refractivity contribution in [3.8, 4) is 0 Å². The Morgan fingerprint density at radius 1 is 1.24 bits per heavy atom. The first-order valence-corrected chi connectivity index (χ1v) is 5.49. The number of ether oxygens (including phenoxy) is 1. The van der Waals surface area contributed by atoms with Crippen molar-refractivity contribution < 1.29 is 22.7 Å². The Morgan fingerprint density at radius 2 is 1.94 bits per heavy atom. The number of nitrogens with one attached hydrogen (secondary N) is 2. The summed E-state index contributed by atoms with van der Waals surface area (Å²) < 4.78 is 40.0. The van der Waals surface area contributed by atoms with E-state index in [9.17, 15) is 18.0 Å². The van der Waals surface area contributed by atoms with Crippen LogP contribution < -0.4 is 10.6 Å². The van der Waals surface area contributed by atoms with Gasteiger partial charge < -0.3 is 15.4 Å². The van der Waals surface area contributed by atoms with E-state index in [0.717, 1.165) is 0 Å². The monoisotopic (exact) mass is 256 g/mol. The molecule has 0 fully saturated rings. The van der Waals surface area contributed by atoms with E-state index in [2.05, 4.69) is 10.6 Å². The van der Waals surface area contributed by atoms with Gasteiger partial charge in [0.2, 0.25) is 5.91 Å². The summed E-state index contributed by atoms with van der Waals surface area (Å²) >= 11 is 0. The lowest BCUT2D eigenvalue weighted by Crippen LogP contribution is -2.30. The molecule has 0 aliphatic rings. The van der Waals surface area contributed by atoms with Crippen molar-refractivity contribution in [1.29, 1.82) is 0 Å². The largest absolute Gasteiger partial charge is 0.389 e. The van der Waals surface area contributed by atoms with Crippen molar-refractivity contribution in [3.05, 3.63) is 0 Å². The molecular formula is C10H19F3N2O2. The fraction of sp³-hybridized carbons (Fsp3) is 0.900. The molecule has 0 spiro atoms. The van der Waals surface area contributed by atoms with Crippen LogP contribution in [0.5, 0.6) is 0 Å². The Kier molecular flexibility index (Phi) is 8.79. The number of rotatable bonds is 9. The minimum Gasteiger partial charge on any atom is -0.383 e. The first-order valence-electron chi connectivity index (χ1n) is 5.49. The maximum atomic E-state index is 11.8. The molecule has 0 bridgehead atoms. The molecule has 0 saturated heterocycles. The zero-order valence-electron chi connectivity index (χ0n) is 9.90. The molecule has 0 heterocycles. The lowest BCUT2D eigenvalue weighted by Gasteiger charge is -2.07. The molecule has 0 aromatic rings. The highest BCUT2D eigenvalue weighted by atomic mass is 19.4. The van der Waals surface area contributed by atoms with Crippen molar-refractivity contribution in [2.24, 2.45) is 0 Å². The summed E-state index contributed by atoms with van der Waals surface area (Å²) in [5.41, 5.74) is 0. The van der Waals surface area contributed by atoms with Crippen molar-refractivity contribution >= 4 is 5.91 Å². The quantitative estimate of drug-likeness (QED) is 0.607. The summed E-state index contributed by atoms with van der Waals surface area (Å²) in [5.74, 6) is -0.134. The van der Waals surface area contributed by atoms with Gasteiger partial charge in [-0.2, -0.15) is 13.2 Å². The van der Waals surface area contributed by atoms with Crippen LogP contribution in [-0.4, -0.2) is 45.4 Å². The van der Waals surface area contributed by atoms with Crippen molar-refractivity contribution in [2.45, 2.75) is 25.4 Å². The topological polar surface area (TPSA) is 50.4 Å². The fourth-order valence-electron chi connectivity index (χ4n) is 1.12. The molecule has 0 radical (unpaired) electrons. The number of alkyl halides is 3. The first-order chi connectivity index (χ1) is 7.95. The van der Waals surface area contributed by atoms with Crippen LogP contribution in [-0.2, 0) is 9.53 Å². The predicted octanol–water partition coefficient (Wildman–Crippen LogP) is 1.07. The number of carbonyl (C=O) groups excluding carboxylic acids is 1. The van der Waals surface area contributed by atoms with Gasteiger partial charge >= 0.3 is 6.18 Å². The number of hydrogen-bond acceptors (Lipinski definition) is 3. The molecule has 102 valence electrons. The van der Waals surface area contributed by atoms with Gasteiger partial charge in [-0.1, -0.05) is 0 Å². The number of methoxy groups -OCH3 is 1. The second-order valence-corrected chi connectivity index (χ2v) is 3.56. The number of carbonyl (C=O) groups is 1. The molecule has 0 rings (SSSR count). The third kappa shape index (κ3) is 13.1. The van der Waals surface area contributed by atoms with E-state index in [1.165, 1.54) is 7.11 Å². The van der Waals surface area contributed by atoms with E-state index in [0.29, 0.717) is 19.7 Å². The van der Waals surface area contributed by atoms with Gasteiger partial charge in [-0.15, -0.1) is 0 Å². The van der Waals surface area contributed by atoms with Crippen LogP contribution in [0.3, 0.4) is 0 Å². The van der Waals surface area contributed by atoms with Crippen LogP contribution in [0, 0.1) is 0 Å². The first kappa shape index (κ1) is 16.2. The van der Waals surface area contributed by atoms with Gasteiger partial charge in [0.25, 0.3) is 0 Å². The molecular weight excluding hydrogens is 237 g/mol. The third-order valence-electron chi connectivity index (χ3n) is 1.97. The maximum Gasteiger partial charge on any atom is 0.389 e. The SMILES string of the molecule is COCCNC(=O)CCNCCCC(F)(F)F. The van der Waals surface area contributed by atoms with Crippen LogP contribution in [0.15, 0.2) is 0 Å². The predicted molar refractivity (Wildman–Crippen MR) is 57.7 cm³/mol. The molecule has 0 aliphatic heterocycles. The molecule has 4 nitrogen and oxygen atoms in total. The standard InChI is InChI=1S/C10H19F3N2O2/c1-17-8-7-15-9(16)3-6-14-5-2-4-10(11,12)13/h14H,2-8H2,1H3,(H,15,16). The molecule has 0 aliphatic carbocycles. The summed E-state index contributed by atoms with van der Waals surface area (Å²) in [4.78, 5) is 11.1. The second kappa shape index (κ2) is 9.23. The summed E-state index contributed by atoms with van der Waals surface area (Å²) in [6.07, 6.45) is -4.59. The molecule has 7 heteroatoms. The smallest absolute Gasteiger partial charge is 0.383 e. The van der Waals surface area contributed by atoms with Crippen LogP contribution in [0.25, 0.3) is 0 Å². The Labute approximate surface area is 98.9 Å². The van der Waals surface area contributed by atoms with Gasteiger partial charge in [0.05, 0.1) is 6.61 Å². The van der Waals surface area contributed by atoms with Gasteiger partial charge in [0.1, 0.15) is 0 Å². The van der Waals surface area contributed by atoms with E-state index in [4.69, 9.17) is 4.74 Å². The lowest BCUT2D eigenvalue weighted by atomic mass is 10.3. The van der Waals surface area contributed by atoms with Gasteiger partial charge in [-0.3, -0.25) is 4.79 Å². The third-order valence-corrected chi connectivity index (χ3v) is 1.97. The van der Waals surface area contributed by atoms with Gasteiger partial charge in [-0.05, 0) is 13.0 Å². The zero-order valence-corrected chi connectivity index (χ0v) is 9.90. The zero-order chi connectivity index (χ0) is 13.1. The van der Waals surface area contributed by atoms with E-state index in [1.807, 2.05) is 0 Å². The average Bonchev–Trinajstić information content (AvgIpc) is 2.22. The summed E-state index contributed by atoms with van der Waals surface area (Å²) in [6.45, 7) is 1.55. The minimum atomic E-state index is -4.10.